The van der Waals surface area contributed by atoms with Crippen LogP contribution in [0.3, 0.4) is 0 Å². The molecule has 0 saturated heterocycles. The highest BCUT2D eigenvalue weighted by molar-refractivity contribution is 5.35. The standard InChI is InChI=1S/C12H15FN4/c1-8-4-9(2)17(16-8)12-10(6-14-3)5-11(13)7-15-12/h4-5,7,14H,6H2,1-3H3. The van der Waals surface area contributed by atoms with E-state index in [0.717, 1.165) is 17.0 Å². The molecule has 0 aromatic carbocycles. The van der Waals surface area contributed by atoms with Crippen LogP contribution in [-0.4, -0.2) is 21.8 Å². The van der Waals surface area contributed by atoms with Gasteiger partial charge in [0.1, 0.15) is 5.82 Å². The van der Waals surface area contributed by atoms with E-state index in [1.165, 1.54) is 12.3 Å². The second-order valence-electron chi connectivity index (χ2n) is 4.01. The molecule has 0 unspecified atom stereocenters. The molecule has 2 rings (SSSR count). The van der Waals surface area contributed by atoms with Crippen molar-refractivity contribution in [3.8, 4) is 5.82 Å². The molecule has 0 amide bonds. The first-order valence-electron chi connectivity index (χ1n) is 5.44. The minimum atomic E-state index is -0.333. The van der Waals surface area contributed by atoms with E-state index in [9.17, 15) is 4.39 Å². The van der Waals surface area contributed by atoms with Crippen LogP contribution in [0, 0.1) is 19.7 Å². The highest BCUT2D eigenvalue weighted by Gasteiger charge is 2.11. The minimum Gasteiger partial charge on any atom is -0.316 e. The second-order valence-corrected chi connectivity index (χ2v) is 4.01. The maximum Gasteiger partial charge on any atom is 0.158 e. The van der Waals surface area contributed by atoms with Crippen LogP contribution in [0.4, 0.5) is 4.39 Å². The molecule has 0 aliphatic carbocycles. The Kier molecular flexibility index (Phi) is 3.19. The number of halogens is 1. The van der Waals surface area contributed by atoms with E-state index in [2.05, 4.69) is 15.4 Å². The molecule has 5 heteroatoms. The van der Waals surface area contributed by atoms with Crippen LogP contribution < -0.4 is 5.32 Å². The maximum atomic E-state index is 13.2. The lowest BCUT2D eigenvalue weighted by Gasteiger charge is -2.09. The van der Waals surface area contributed by atoms with Crippen molar-refractivity contribution in [2.24, 2.45) is 0 Å². The average molecular weight is 234 g/mol. The first kappa shape index (κ1) is 11.7. The molecule has 0 aliphatic heterocycles. The zero-order chi connectivity index (χ0) is 12.4. The summed E-state index contributed by atoms with van der Waals surface area (Å²) in [4.78, 5) is 4.13. The van der Waals surface area contributed by atoms with Crippen molar-refractivity contribution >= 4 is 0 Å². The van der Waals surface area contributed by atoms with Gasteiger partial charge < -0.3 is 5.32 Å². The molecule has 0 bridgehead atoms. The molecule has 0 aliphatic rings. The van der Waals surface area contributed by atoms with E-state index in [0.29, 0.717) is 12.4 Å². The topological polar surface area (TPSA) is 42.7 Å². The van der Waals surface area contributed by atoms with Crippen LogP contribution in [0.25, 0.3) is 5.82 Å². The van der Waals surface area contributed by atoms with Gasteiger partial charge in [-0.2, -0.15) is 5.10 Å². The summed E-state index contributed by atoms with van der Waals surface area (Å²) >= 11 is 0. The number of rotatable bonds is 3. The van der Waals surface area contributed by atoms with Gasteiger partial charge in [-0.1, -0.05) is 0 Å². The first-order chi connectivity index (χ1) is 8.11. The fourth-order valence-corrected chi connectivity index (χ4v) is 1.83. The zero-order valence-corrected chi connectivity index (χ0v) is 10.2. The van der Waals surface area contributed by atoms with E-state index in [-0.39, 0.29) is 5.82 Å². The molecule has 0 atom stereocenters. The Hall–Kier alpha value is -1.75. The number of nitrogens with one attached hydrogen (secondary N) is 1. The number of nitrogens with zero attached hydrogens (tertiary/aromatic N) is 3. The summed E-state index contributed by atoms with van der Waals surface area (Å²) in [5.41, 5.74) is 2.70. The van der Waals surface area contributed by atoms with E-state index in [4.69, 9.17) is 0 Å². The summed E-state index contributed by atoms with van der Waals surface area (Å²) < 4.78 is 14.9. The Morgan fingerprint density at radius 1 is 1.35 bits per heavy atom. The molecule has 17 heavy (non-hydrogen) atoms. The van der Waals surface area contributed by atoms with Gasteiger partial charge in [-0.05, 0) is 33.0 Å². The first-order valence-corrected chi connectivity index (χ1v) is 5.44. The number of pyridine rings is 1. The molecule has 2 aromatic rings. The fourth-order valence-electron chi connectivity index (χ4n) is 1.83. The smallest absolute Gasteiger partial charge is 0.158 e. The van der Waals surface area contributed by atoms with Gasteiger partial charge in [0.15, 0.2) is 5.82 Å². The minimum absolute atomic E-state index is 0.333. The summed E-state index contributed by atoms with van der Waals surface area (Å²) in [5, 5.41) is 7.36. The molecule has 1 N–H and O–H groups in total. The Balaban J connectivity index is 2.54. The normalized spacial score (nSPS) is 10.8. The van der Waals surface area contributed by atoms with E-state index in [1.54, 1.807) is 4.68 Å². The molecule has 0 fully saturated rings. The third-order valence-electron chi connectivity index (χ3n) is 2.49. The number of aryl methyl sites for hydroxylation is 2. The summed E-state index contributed by atoms with van der Waals surface area (Å²) in [5.74, 6) is 0.340. The monoisotopic (exact) mass is 234 g/mol. The Morgan fingerprint density at radius 2 is 2.12 bits per heavy atom. The van der Waals surface area contributed by atoms with Crippen molar-refractivity contribution in [2.45, 2.75) is 20.4 Å². The third kappa shape index (κ3) is 2.34. The molecule has 90 valence electrons. The van der Waals surface area contributed by atoms with Gasteiger partial charge in [-0.15, -0.1) is 0 Å². The number of aromatic nitrogens is 3. The van der Waals surface area contributed by atoms with Crippen LogP contribution in [0.15, 0.2) is 18.3 Å². The molecule has 0 spiro atoms. The molecular formula is C12H15FN4. The van der Waals surface area contributed by atoms with Crippen LogP contribution in [0.2, 0.25) is 0 Å². The molecule has 0 saturated carbocycles. The van der Waals surface area contributed by atoms with Gasteiger partial charge in [-0.25, -0.2) is 14.1 Å². The van der Waals surface area contributed by atoms with Crippen molar-refractivity contribution in [2.75, 3.05) is 7.05 Å². The van der Waals surface area contributed by atoms with Gasteiger partial charge in [0.2, 0.25) is 0 Å². The van der Waals surface area contributed by atoms with E-state index in [1.807, 2.05) is 27.0 Å². The molecule has 2 heterocycles. The highest BCUT2D eigenvalue weighted by Crippen LogP contribution is 2.15. The van der Waals surface area contributed by atoms with Crippen molar-refractivity contribution in [1.82, 2.24) is 20.1 Å². The molecular weight excluding hydrogens is 219 g/mol. The van der Waals surface area contributed by atoms with Crippen molar-refractivity contribution in [1.29, 1.82) is 0 Å². The largest absolute Gasteiger partial charge is 0.316 e. The Labute approximate surface area is 99.5 Å². The van der Waals surface area contributed by atoms with Crippen molar-refractivity contribution < 1.29 is 4.39 Å². The predicted octanol–water partition coefficient (Wildman–Crippen LogP) is 1.74. The second kappa shape index (κ2) is 4.63. The van der Waals surface area contributed by atoms with Gasteiger partial charge >= 0.3 is 0 Å². The fraction of sp³-hybridized carbons (Fsp3) is 0.333. The van der Waals surface area contributed by atoms with Crippen molar-refractivity contribution in [3.05, 3.63) is 41.1 Å². The molecule has 4 nitrogen and oxygen atoms in total. The lowest BCUT2D eigenvalue weighted by atomic mass is 10.2. The number of hydrogen-bond acceptors (Lipinski definition) is 3. The lowest BCUT2D eigenvalue weighted by Crippen LogP contribution is -2.12. The summed E-state index contributed by atoms with van der Waals surface area (Å²) in [6.07, 6.45) is 1.21. The van der Waals surface area contributed by atoms with Crippen LogP contribution >= 0.6 is 0 Å². The predicted molar refractivity (Wildman–Crippen MR) is 63.6 cm³/mol. The molecule has 2 aromatic heterocycles. The van der Waals surface area contributed by atoms with Gasteiger partial charge in [-0.3, -0.25) is 0 Å². The Bertz CT molecular complexity index is 533. The summed E-state index contributed by atoms with van der Waals surface area (Å²) in [6, 6.07) is 3.45. The van der Waals surface area contributed by atoms with Crippen LogP contribution in [0.5, 0.6) is 0 Å². The number of hydrogen-bond donors (Lipinski definition) is 1. The van der Waals surface area contributed by atoms with Gasteiger partial charge in [0, 0.05) is 17.8 Å². The van der Waals surface area contributed by atoms with E-state index < -0.39 is 0 Å². The van der Waals surface area contributed by atoms with Crippen LogP contribution in [-0.2, 0) is 6.54 Å². The van der Waals surface area contributed by atoms with Gasteiger partial charge in [0.05, 0.1) is 11.9 Å². The SMILES string of the molecule is CNCc1cc(F)cnc1-n1nc(C)cc1C. The lowest BCUT2D eigenvalue weighted by molar-refractivity contribution is 0.612. The maximum absolute atomic E-state index is 13.2. The highest BCUT2D eigenvalue weighted by atomic mass is 19.1. The quantitative estimate of drug-likeness (QED) is 0.879. The zero-order valence-electron chi connectivity index (χ0n) is 10.2. The van der Waals surface area contributed by atoms with Crippen LogP contribution in [0.1, 0.15) is 17.0 Å². The van der Waals surface area contributed by atoms with Gasteiger partial charge in [0.25, 0.3) is 0 Å². The summed E-state index contributed by atoms with van der Waals surface area (Å²) in [6.45, 7) is 4.43. The van der Waals surface area contributed by atoms with E-state index >= 15 is 0 Å². The summed E-state index contributed by atoms with van der Waals surface area (Å²) in [7, 11) is 1.82. The molecule has 0 radical (unpaired) electrons. The third-order valence-corrected chi connectivity index (χ3v) is 2.49. The van der Waals surface area contributed by atoms with Crippen molar-refractivity contribution in [3.63, 3.8) is 0 Å². The Morgan fingerprint density at radius 3 is 2.71 bits per heavy atom. The average Bonchev–Trinajstić information content (AvgIpc) is 2.59.